The number of alkyl halides is 4. The van der Waals surface area contributed by atoms with Gasteiger partial charge in [-0.1, -0.05) is 6.07 Å². The molecule has 1 aliphatic heterocycles. The number of hydrogen-bond acceptors (Lipinski definition) is 3. The topological polar surface area (TPSA) is 73.9 Å². The molecule has 2 fully saturated rings. The van der Waals surface area contributed by atoms with Crippen LogP contribution in [0.1, 0.15) is 24.8 Å². The molecule has 1 aliphatic carbocycles. The van der Waals surface area contributed by atoms with Crippen molar-refractivity contribution < 1.29 is 36.3 Å². The lowest BCUT2D eigenvalue weighted by Crippen LogP contribution is -2.62. The largest absolute Gasteiger partial charge is 0.573 e. The van der Waals surface area contributed by atoms with Crippen LogP contribution in [0.2, 0.25) is 0 Å². The summed E-state index contributed by atoms with van der Waals surface area (Å²) >= 11 is 0. The van der Waals surface area contributed by atoms with Gasteiger partial charge in [-0.25, -0.2) is 18.4 Å². The number of nitrogens with zero attached hydrogens (tertiary/aromatic N) is 2. The summed E-state index contributed by atoms with van der Waals surface area (Å²) in [5.41, 5.74) is -0.0729. The Morgan fingerprint density at radius 1 is 1.31 bits per heavy atom. The van der Waals surface area contributed by atoms with Crippen LogP contribution in [0.4, 0.5) is 31.5 Å². The first-order valence-corrected chi connectivity index (χ1v) is 10.4. The number of likely N-dealkylation sites (tertiary alicyclic amines) is 1. The fourth-order valence-electron chi connectivity index (χ4n) is 3.73. The standard InChI is InChI=1S/C19H22F5N4O3Si/c1-25-16(29)28(12-3-4-12)13-7-18(21,32)10-27(9-13)17(30)26-8-11-2-5-14(6-15(11)20)31-19(22,23)24/h2,5-6,12-13H,3-4,7-10H2,1H3,(H,25,29)(H,26,30)/t13-,18+/m1/s1. The first kappa shape index (κ1) is 24.1. The summed E-state index contributed by atoms with van der Waals surface area (Å²) < 4.78 is 69.4. The molecule has 1 aromatic rings. The van der Waals surface area contributed by atoms with Crippen molar-refractivity contribution in [2.24, 2.45) is 0 Å². The van der Waals surface area contributed by atoms with E-state index in [1.54, 1.807) is 4.90 Å². The highest BCUT2D eigenvalue weighted by molar-refractivity contribution is 6.14. The number of carbonyl (C=O) groups is 2. The second kappa shape index (κ2) is 9.12. The number of ether oxygens (including phenoxy) is 1. The van der Waals surface area contributed by atoms with Crippen LogP contribution in [-0.2, 0) is 6.54 Å². The Bertz CT molecular complexity index is 866. The third-order valence-corrected chi connectivity index (χ3v) is 5.55. The molecule has 1 aromatic carbocycles. The van der Waals surface area contributed by atoms with Gasteiger partial charge in [-0.15, -0.1) is 13.2 Å². The van der Waals surface area contributed by atoms with Crippen LogP contribution < -0.4 is 15.4 Å². The minimum Gasteiger partial charge on any atom is -0.406 e. The highest BCUT2D eigenvalue weighted by Gasteiger charge is 2.45. The third kappa shape index (κ3) is 6.23. The average molecular weight is 477 g/mol. The molecule has 13 heteroatoms. The van der Waals surface area contributed by atoms with Crippen molar-refractivity contribution in [3.63, 3.8) is 0 Å². The van der Waals surface area contributed by atoms with Gasteiger partial charge in [0.1, 0.15) is 16.9 Å². The van der Waals surface area contributed by atoms with Crippen LogP contribution in [0, 0.1) is 5.82 Å². The Balaban J connectivity index is 1.64. The molecule has 0 aromatic heterocycles. The van der Waals surface area contributed by atoms with Gasteiger partial charge >= 0.3 is 18.4 Å². The predicted octanol–water partition coefficient (Wildman–Crippen LogP) is 2.65. The summed E-state index contributed by atoms with van der Waals surface area (Å²) in [6, 6.07) is 0.907. The van der Waals surface area contributed by atoms with Gasteiger partial charge in [-0.2, -0.15) is 0 Å². The van der Waals surface area contributed by atoms with Crippen LogP contribution in [0.3, 0.4) is 0 Å². The second-order valence-corrected chi connectivity index (χ2v) is 8.75. The van der Waals surface area contributed by atoms with Gasteiger partial charge in [0.25, 0.3) is 0 Å². The molecule has 0 unspecified atom stereocenters. The van der Waals surface area contributed by atoms with Crippen molar-refractivity contribution >= 4 is 22.3 Å². The minimum atomic E-state index is -4.95. The van der Waals surface area contributed by atoms with Crippen LogP contribution in [0.5, 0.6) is 5.75 Å². The van der Waals surface area contributed by atoms with E-state index in [-0.39, 0.29) is 43.7 Å². The Morgan fingerprint density at radius 3 is 2.56 bits per heavy atom. The molecule has 2 aliphatic rings. The monoisotopic (exact) mass is 477 g/mol. The maximum Gasteiger partial charge on any atom is 0.573 e. The number of amides is 4. The van der Waals surface area contributed by atoms with Crippen LogP contribution in [0.25, 0.3) is 0 Å². The van der Waals surface area contributed by atoms with E-state index < -0.39 is 35.3 Å². The SMILES string of the molecule is CNC(=O)N(C1CC1)[C@H]1CN(C(=O)NCc2ccc(OC(F)(F)F)cc2F)C[C@@](F)([Si])C1. The summed E-state index contributed by atoms with van der Waals surface area (Å²) in [7, 11) is 4.51. The Labute approximate surface area is 184 Å². The first-order chi connectivity index (χ1) is 14.9. The lowest BCUT2D eigenvalue weighted by molar-refractivity contribution is -0.274. The molecular formula is C19H22F5N4O3Si. The van der Waals surface area contributed by atoms with E-state index in [0.717, 1.165) is 25.0 Å². The number of nitrogens with one attached hydrogen (secondary N) is 2. The summed E-state index contributed by atoms with van der Waals surface area (Å²) in [5.74, 6) is -1.72. The molecule has 2 atom stereocenters. The minimum absolute atomic E-state index is 0.00706. The van der Waals surface area contributed by atoms with Gasteiger partial charge in [0.05, 0.1) is 22.8 Å². The number of piperidine rings is 1. The Morgan fingerprint density at radius 2 is 2.00 bits per heavy atom. The highest BCUT2D eigenvalue weighted by atomic mass is 28.1. The van der Waals surface area contributed by atoms with E-state index in [1.807, 2.05) is 0 Å². The molecule has 3 radical (unpaired) electrons. The predicted molar refractivity (Wildman–Crippen MR) is 104 cm³/mol. The van der Waals surface area contributed by atoms with Gasteiger partial charge in [0, 0.05) is 44.2 Å². The Kier molecular flexibility index (Phi) is 6.86. The lowest BCUT2D eigenvalue weighted by atomic mass is 10.0. The zero-order chi connectivity index (χ0) is 23.7. The van der Waals surface area contributed by atoms with Crippen LogP contribution in [-0.4, -0.2) is 76.0 Å². The summed E-state index contributed by atoms with van der Waals surface area (Å²) in [6.45, 7) is -0.549. The molecule has 4 amide bonds. The number of benzene rings is 1. The van der Waals surface area contributed by atoms with Gasteiger partial charge < -0.3 is 25.2 Å². The molecule has 32 heavy (non-hydrogen) atoms. The van der Waals surface area contributed by atoms with E-state index in [4.69, 9.17) is 0 Å². The fourth-order valence-corrected chi connectivity index (χ4v) is 4.15. The van der Waals surface area contributed by atoms with Crippen molar-refractivity contribution in [1.29, 1.82) is 0 Å². The molecule has 1 heterocycles. The second-order valence-electron chi connectivity index (χ2n) is 7.86. The van der Waals surface area contributed by atoms with E-state index >= 15 is 0 Å². The molecule has 2 N–H and O–H groups in total. The highest BCUT2D eigenvalue weighted by Crippen LogP contribution is 2.34. The van der Waals surface area contributed by atoms with Crippen molar-refractivity contribution in [2.45, 2.75) is 49.5 Å². The number of urea groups is 2. The van der Waals surface area contributed by atoms with E-state index in [2.05, 4.69) is 25.6 Å². The maximum absolute atomic E-state index is 14.9. The van der Waals surface area contributed by atoms with Crippen LogP contribution in [0.15, 0.2) is 18.2 Å². The van der Waals surface area contributed by atoms with Gasteiger partial charge in [-0.05, 0) is 18.9 Å². The van der Waals surface area contributed by atoms with Gasteiger partial charge in [0.2, 0.25) is 0 Å². The van der Waals surface area contributed by atoms with Crippen LogP contribution >= 0.6 is 0 Å². The smallest absolute Gasteiger partial charge is 0.406 e. The lowest BCUT2D eigenvalue weighted by Gasteiger charge is -2.44. The molecule has 1 saturated heterocycles. The molecule has 3 rings (SSSR count). The number of carbonyl (C=O) groups excluding carboxylic acids is 2. The van der Waals surface area contributed by atoms with E-state index in [1.165, 1.54) is 11.9 Å². The molecule has 0 bridgehead atoms. The average Bonchev–Trinajstić information content (AvgIpc) is 3.49. The van der Waals surface area contributed by atoms with Gasteiger partial charge in [0.15, 0.2) is 0 Å². The van der Waals surface area contributed by atoms with Crippen molar-refractivity contribution in [3.05, 3.63) is 29.6 Å². The van der Waals surface area contributed by atoms with Gasteiger partial charge in [-0.3, -0.25) is 0 Å². The van der Waals surface area contributed by atoms with E-state index in [0.29, 0.717) is 6.07 Å². The van der Waals surface area contributed by atoms with Crippen molar-refractivity contribution in [3.8, 4) is 5.75 Å². The fraction of sp³-hybridized carbons (Fsp3) is 0.579. The molecule has 1 saturated carbocycles. The first-order valence-electron chi connectivity index (χ1n) is 9.89. The molecule has 7 nitrogen and oxygen atoms in total. The zero-order valence-corrected chi connectivity index (χ0v) is 18.1. The van der Waals surface area contributed by atoms with E-state index in [9.17, 15) is 31.5 Å². The Hall–Kier alpha value is -2.57. The normalized spacial score (nSPS) is 23.5. The summed E-state index contributed by atoms with van der Waals surface area (Å²) in [6.07, 6.45) is -3.37. The van der Waals surface area contributed by atoms with Crippen molar-refractivity contribution in [1.82, 2.24) is 20.4 Å². The molecule has 0 spiro atoms. The summed E-state index contributed by atoms with van der Waals surface area (Å²) in [4.78, 5) is 27.6. The molecular weight excluding hydrogens is 455 g/mol. The van der Waals surface area contributed by atoms with Crippen molar-refractivity contribution in [2.75, 3.05) is 20.1 Å². The maximum atomic E-state index is 14.9. The zero-order valence-electron chi connectivity index (χ0n) is 17.1. The number of halogens is 5. The molecule has 175 valence electrons. The number of hydrogen-bond donors (Lipinski definition) is 2. The number of rotatable bonds is 5. The quantitative estimate of drug-likeness (QED) is 0.506. The third-order valence-electron chi connectivity index (χ3n) is 5.19. The summed E-state index contributed by atoms with van der Waals surface area (Å²) in [5, 5.41) is 3.05.